The van der Waals surface area contributed by atoms with Gasteiger partial charge in [-0.2, -0.15) is 0 Å². The maximum Gasteiger partial charge on any atom is 0.263 e. The van der Waals surface area contributed by atoms with E-state index in [0.29, 0.717) is 37.3 Å². The number of nitrogens with one attached hydrogen (secondary N) is 1. The molecule has 0 aromatic heterocycles. The zero-order valence-electron chi connectivity index (χ0n) is 13.4. The third-order valence-corrected chi connectivity index (χ3v) is 5.69. The lowest BCUT2D eigenvalue weighted by atomic mass is 10.1. The van der Waals surface area contributed by atoms with Gasteiger partial charge in [-0.05, 0) is 31.4 Å². The summed E-state index contributed by atoms with van der Waals surface area (Å²) in [4.78, 5) is 18.5. The number of fused-ring (bicyclic) bond motifs is 1. The molecule has 0 radical (unpaired) electrons. The van der Waals surface area contributed by atoms with E-state index in [1.807, 2.05) is 4.90 Å². The summed E-state index contributed by atoms with van der Waals surface area (Å²) in [5, 5.41) is 0. The fraction of sp³-hybridized carbons (Fsp3) is 0.500. The van der Waals surface area contributed by atoms with Gasteiger partial charge in [0.15, 0.2) is 0 Å². The normalized spacial score (nSPS) is 23.8. The molecule has 1 saturated heterocycles. The van der Waals surface area contributed by atoms with Crippen molar-refractivity contribution >= 4 is 21.8 Å². The van der Waals surface area contributed by atoms with E-state index in [-0.39, 0.29) is 16.8 Å². The van der Waals surface area contributed by atoms with Crippen LogP contribution < -0.4 is 10.5 Å². The third kappa shape index (κ3) is 3.59. The van der Waals surface area contributed by atoms with E-state index < -0.39 is 10.0 Å². The molecule has 2 aliphatic rings. The van der Waals surface area contributed by atoms with E-state index in [9.17, 15) is 13.2 Å². The molecule has 7 nitrogen and oxygen atoms in total. The standard InChI is InChI=1S/C16H22N4O3S/c17-12-5-4-10-20(11-12)15(21)8-3-9-18-16-13-6-1-2-7-14(13)24(22,23)19-16/h1-2,6-7,12H,3-5,8-11,17H2,(H,18,19). The molecular weight excluding hydrogens is 328 g/mol. The Morgan fingerprint density at radius 1 is 1.38 bits per heavy atom. The number of rotatable bonds is 4. The van der Waals surface area contributed by atoms with Crippen molar-refractivity contribution < 1.29 is 13.2 Å². The summed E-state index contributed by atoms with van der Waals surface area (Å²) in [5.41, 5.74) is 6.48. The maximum absolute atomic E-state index is 12.2. The Hall–Kier alpha value is -1.93. The Labute approximate surface area is 142 Å². The number of likely N-dealkylation sites (tertiary alicyclic amines) is 1. The molecule has 2 aliphatic heterocycles. The molecule has 8 heteroatoms. The number of benzene rings is 1. The Morgan fingerprint density at radius 3 is 2.96 bits per heavy atom. The highest BCUT2D eigenvalue weighted by Gasteiger charge is 2.30. The highest BCUT2D eigenvalue weighted by molar-refractivity contribution is 7.90. The predicted molar refractivity (Wildman–Crippen MR) is 91.2 cm³/mol. The first-order chi connectivity index (χ1) is 11.5. The summed E-state index contributed by atoms with van der Waals surface area (Å²) in [7, 11) is -3.50. The lowest BCUT2D eigenvalue weighted by Gasteiger charge is -2.30. The summed E-state index contributed by atoms with van der Waals surface area (Å²) in [6.45, 7) is 1.80. The Balaban J connectivity index is 1.55. The number of carbonyl (C=O) groups is 1. The molecule has 1 aromatic carbocycles. The van der Waals surface area contributed by atoms with Crippen molar-refractivity contribution in [3.05, 3.63) is 29.8 Å². The average molecular weight is 350 g/mol. The molecule has 0 saturated carbocycles. The molecule has 2 heterocycles. The predicted octanol–water partition coefficient (Wildman–Crippen LogP) is 0.455. The molecule has 1 unspecified atom stereocenters. The van der Waals surface area contributed by atoms with Crippen LogP contribution >= 0.6 is 0 Å². The first kappa shape index (κ1) is 16.9. The van der Waals surface area contributed by atoms with Gasteiger partial charge in [0, 0.05) is 37.7 Å². The number of amidine groups is 1. The van der Waals surface area contributed by atoms with Crippen LogP contribution in [0, 0.1) is 0 Å². The number of amides is 1. The molecule has 0 spiro atoms. The van der Waals surface area contributed by atoms with Gasteiger partial charge in [0.25, 0.3) is 10.0 Å². The molecule has 3 rings (SSSR count). The average Bonchev–Trinajstić information content (AvgIpc) is 2.83. The summed E-state index contributed by atoms with van der Waals surface area (Å²) in [6, 6.07) is 6.82. The molecule has 24 heavy (non-hydrogen) atoms. The van der Waals surface area contributed by atoms with Crippen LogP contribution in [0.3, 0.4) is 0 Å². The molecule has 1 atom stereocenters. The Bertz CT molecular complexity index is 760. The zero-order chi connectivity index (χ0) is 17.2. The van der Waals surface area contributed by atoms with E-state index in [4.69, 9.17) is 5.73 Å². The highest BCUT2D eigenvalue weighted by Crippen LogP contribution is 2.22. The molecule has 1 aromatic rings. The van der Waals surface area contributed by atoms with Gasteiger partial charge in [0.1, 0.15) is 5.84 Å². The van der Waals surface area contributed by atoms with Gasteiger partial charge in [-0.25, -0.2) is 8.42 Å². The summed E-state index contributed by atoms with van der Waals surface area (Å²) in [6.07, 6.45) is 2.90. The number of hydrogen-bond donors (Lipinski definition) is 2. The van der Waals surface area contributed by atoms with Crippen molar-refractivity contribution in [3.8, 4) is 0 Å². The summed E-state index contributed by atoms with van der Waals surface area (Å²) >= 11 is 0. The number of sulfonamides is 1. The monoisotopic (exact) mass is 350 g/mol. The van der Waals surface area contributed by atoms with E-state index in [0.717, 1.165) is 19.4 Å². The fourth-order valence-electron chi connectivity index (χ4n) is 3.07. The van der Waals surface area contributed by atoms with E-state index in [2.05, 4.69) is 9.71 Å². The van der Waals surface area contributed by atoms with Crippen LogP contribution in [0.5, 0.6) is 0 Å². The summed E-state index contributed by atoms with van der Waals surface area (Å²) in [5.74, 6) is 0.454. The quantitative estimate of drug-likeness (QED) is 0.769. The van der Waals surface area contributed by atoms with Gasteiger partial charge >= 0.3 is 0 Å². The van der Waals surface area contributed by atoms with Gasteiger partial charge in [-0.1, -0.05) is 12.1 Å². The number of nitrogens with zero attached hydrogens (tertiary/aromatic N) is 2. The number of piperidine rings is 1. The van der Waals surface area contributed by atoms with Crippen molar-refractivity contribution in [2.24, 2.45) is 10.7 Å². The molecule has 3 N–H and O–H groups in total. The molecule has 0 bridgehead atoms. The van der Waals surface area contributed by atoms with Crippen LogP contribution in [-0.2, 0) is 14.8 Å². The van der Waals surface area contributed by atoms with Gasteiger partial charge in [-0.3, -0.25) is 14.5 Å². The lowest BCUT2D eigenvalue weighted by molar-refractivity contribution is -0.132. The first-order valence-electron chi connectivity index (χ1n) is 8.17. The van der Waals surface area contributed by atoms with Gasteiger partial charge in [0.05, 0.1) is 4.90 Å². The van der Waals surface area contributed by atoms with E-state index in [1.165, 1.54) is 0 Å². The van der Waals surface area contributed by atoms with Crippen molar-refractivity contribution in [3.63, 3.8) is 0 Å². The largest absolute Gasteiger partial charge is 0.341 e. The van der Waals surface area contributed by atoms with Crippen molar-refractivity contribution in [1.29, 1.82) is 0 Å². The van der Waals surface area contributed by atoms with Crippen LogP contribution in [-0.4, -0.2) is 50.7 Å². The topological polar surface area (TPSA) is 105 Å². The minimum Gasteiger partial charge on any atom is -0.341 e. The second-order valence-corrected chi connectivity index (χ2v) is 7.83. The number of aliphatic imine (C=N–C) groups is 1. The van der Waals surface area contributed by atoms with Gasteiger partial charge < -0.3 is 10.6 Å². The minimum atomic E-state index is -3.50. The molecule has 130 valence electrons. The van der Waals surface area contributed by atoms with E-state index >= 15 is 0 Å². The lowest BCUT2D eigenvalue weighted by Crippen LogP contribution is -2.45. The molecule has 0 aliphatic carbocycles. The van der Waals surface area contributed by atoms with Crippen LogP contribution in [0.1, 0.15) is 31.2 Å². The smallest absolute Gasteiger partial charge is 0.263 e. The Kier molecular flexibility index (Phi) is 4.86. The third-order valence-electron chi connectivity index (χ3n) is 4.29. The maximum atomic E-state index is 12.2. The number of hydrogen-bond acceptors (Lipinski definition) is 5. The van der Waals surface area contributed by atoms with Gasteiger partial charge in [0.2, 0.25) is 5.91 Å². The van der Waals surface area contributed by atoms with Crippen molar-refractivity contribution in [1.82, 2.24) is 9.62 Å². The Morgan fingerprint density at radius 2 is 2.17 bits per heavy atom. The molecule has 1 fully saturated rings. The second kappa shape index (κ2) is 6.90. The SMILES string of the molecule is NC1CCCN(C(=O)CCCN=C2NS(=O)(=O)c3ccccc32)C1. The van der Waals surface area contributed by atoms with Crippen molar-refractivity contribution in [2.45, 2.75) is 36.6 Å². The number of nitrogens with two attached hydrogens (primary N) is 1. The fourth-order valence-corrected chi connectivity index (χ4v) is 4.32. The zero-order valence-corrected chi connectivity index (χ0v) is 14.3. The molecular formula is C16H22N4O3S. The van der Waals surface area contributed by atoms with Crippen LogP contribution in [0.25, 0.3) is 0 Å². The highest BCUT2D eigenvalue weighted by atomic mass is 32.2. The van der Waals surface area contributed by atoms with E-state index in [1.54, 1.807) is 24.3 Å². The number of carbonyl (C=O) groups excluding carboxylic acids is 1. The second-order valence-electron chi connectivity index (χ2n) is 6.18. The van der Waals surface area contributed by atoms with Crippen LogP contribution in [0.2, 0.25) is 0 Å². The summed E-state index contributed by atoms with van der Waals surface area (Å²) < 4.78 is 26.4. The van der Waals surface area contributed by atoms with Crippen LogP contribution in [0.4, 0.5) is 0 Å². The van der Waals surface area contributed by atoms with Crippen molar-refractivity contribution in [2.75, 3.05) is 19.6 Å². The van der Waals surface area contributed by atoms with Gasteiger partial charge in [-0.15, -0.1) is 0 Å². The minimum absolute atomic E-state index is 0.0762. The van der Waals surface area contributed by atoms with Crippen LogP contribution in [0.15, 0.2) is 34.2 Å². The first-order valence-corrected chi connectivity index (χ1v) is 9.66. The molecule has 1 amide bonds.